The van der Waals surface area contributed by atoms with Gasteiger partial charge in [0, 0.05) is 25.9 Å². The van der Waals surface area contributed by atoms with Crippen molar-refractivity contribution in [3.63, 3.8) is 0 Å². The molecular formula is C14H16N2O3. The van der Waals surface area contributed by atoms with Crippen molar-refractivity contribution in [1.29, 1.82) is 0 Å². The maximum absolute atomic E-state index is 12.4. The van der Waals surface area contributed by atoms with Crippen LogP contribution in [0, 0.1) is 11.8 Å². The Morgan fingerprint density at radius 3 is 3.21 bits per heavy atom. The molecule has 0 spiro atoms. The molecule has 5 nitrogen and oxygen atoms in total. The minimum Gasteiger partial charge on any atom is -0.384 e. The summed E-state index contributed by atoms with van der Waals surface area (Å²) in [6.07, 6.45) is 2.40. The zero-order valence-electron chi connectivity index (χ0n) is 10.6. The Balaban J connectivity index is 2.22. The summed E-state index contributed by atoms with van der Waals surface area (Å²) in [7, 11) is 0. The maximum Gasteiger partial charge on any atom is 0.273 e. The molecule has 0 atom stereocenters. The van der Waals surface area contributed by atoms with Crippen LogP contribution in [0.25, 0.3) is 0 Å². The molecule has 0 saturated carbocycles. The number of rotatable bonds is 1. The number of ether oxygens (including phenoxy) is 1. The Bertz CT molecular complexity index is 497. The molecule has 1 N–H and O–H groups in total. The molecular weight excluding hydrogens is 244 g/mol. The lowest BCUT2D eigenvalue weighted by molar-refractivity contribution is 0.0735. The van der Waals surface area contributed by atoms with E-state index in [1.54, 1.807) is 23.2 Å². The highest BCUT2D eigenvalue weighted by molar-refractivity contribution is 5.94. The Morgan fingerprint density at radius 1 is 1.47 bits per heavy atom. The molecule has 0 radical (unpaired) electrons. The van der Waals surface area contributed by atoms with Gasteiger partial charge in [-0.15, -0.1) is 0 Å². The molecule has 1 saturated heterocycles. The summed E-state index contributed by atoms with van der Waals surface area (Å²) in [6, 6.07) is 3.46. The summed E-state index contributed by atoms with van der Waals surface area (Å²) in [5.74, 6) is 5.17. The first-order chi connectivity index (χ1) is 9.33. The predicted molar refractivity (Wildman–Crippen MR) is 69.5 cm³/mol. The van der Waals surface area contributed by atoms with Crippen molar-refractivity contribution < 1.29 is 14.6 Å². The first kappa shape index (κ1) is 13.5. The zero-order valence-corrected chi connectivity index (χ0v) is 10.6. The summed E-state index contributed by atoms with van der Waals surface area (Å²) in [5, 5.41) is 8.74. The first-order valence-corrected chi connectivity index (χ1v) is 6.24. The third kappa shape index (κ3) is 3.53. The summed E-state index contributed by atoms with van der Waals surface area (Å²) < 4.78 is 5.33. The molecule has 0 aliphatic carbocycles. The summed E-state index contributed by atoms with van der Waals surface area (Å²) >= 11 is 0. The first-order valence-electron chi connectivity index (χ1n) is 6.24. The number of pyridine rings is 1. The highest BCUT2D eigenvalue weighted by Gasteiger charge is 2.20. The predicted octanol–water partition coefficient (Wildman–Crippen LogP) is 0.288. The Kier molecular flexibility index (Phi) is 4.90. The molecule has 100 valence electrons. The molecule has 2 rings (SSSR count). The molecule has 0 bridgehead atoms. The number of nitrogens with zero attached hydrogens (tertiary/aromatic N) is 2. The van der Waals surface area contributed by atoms with Crippen molar-refractivity contribution in [2.24, 2.45) is 0 Å². The average molecular weight is 260 g/mol. The van der Waals surface area contributed by atoms with E-state index in [4.69, 9.17) is 9.84 Å². The van der Waals surface area contributed by atoms with E-state index in [-0.39, 0.29) is 12.5 Å². The Hall–Kier alpha value is -1.90. The van der Waals surface area contributed by atoms with Crippen molar-refractivity contribution in [3.8, 4) is 11.8 Å². The van der Waals surface area contributed by atoms with Gasteiger partial charge < -0.3 is 14.7 Å². The van der Waals surface area contributed by atoms with E-state index >= 15 is 0 Å². The van der Waals surface area contributed by atoms with Crippen LogP contribution in [0.15, 0.2) is 18.3 Å². The van der Waals surface area contributed by atoms with Crippen molar-refractivity contribution in [2.45, 2.75) is 6.42 Å². The molecule has 1 amide bonds. The van der Waals surface area contributed by atoms with Crippen LogP contribution in [0.5, 0.6) is 0 Å². The van der Waals surface area contributed by atoms with Crippen molar-refractivity contribution >= 4 is 5.91 Å². The second kappa shape index (κ2) is 6.88. The summed E-state index contributed by atoms with van der Waals surface area (Å²) in [5.41, 5.74) is 0.886. The lowest BCUT2D eigenvalue weighted by atomic mass is 10.1. The van der Waals surface area contributed by atoms with Gasteiger partial charge in [0.15, 0.2) is 0 Å². The number of aromatic nitrogens is 1. The number of carbonyl (C=O) groups excluding carboxylic acids is 1. The van der Waals surface area contributed by atoms with E-state index in [2.05, 4.69) is 16.8 Å². The molecule has 1 aromatic rings. The minimum atomic E-state index is -0.236. The SMILES string of the molecule is O=C(c1ncccc1C#CCO)N1CCCOCC1. The molecule has 1 aliphatic rings. The number of hydrogen-bond donors (Lipinski definition) is 1. The van der Waals surface area contributed by atoms with Gasteiger partial charge in [0.2, 0.25) is 0 Å². The highest BCUT2D eigenvalue weighted by Crippen LogP contribution is 2.10. The maximum atomic E-state index is 12.4. The number of aliphatic hydroxyl groups is 1. The third-order valence-electron chi connectivity index (χ3n) is 2.82. The molecule has 19 heavy (non-hydrogen) atoms. The summed E-state index contributed by atoms with van der Waals surface area (Å²) in [4.78, 5) is 18.3. The molecule has 1 aliphatic heterocycles. The second-order valence-electron chi connectivity index (χ2n) is 4.12. The highest BCUT2D eigenvalue weighted by atomic mass is 16.5. The molecule has 0 aromatic carbocycles. The zero-order chi connectivity index (χ0) is 13.5. The third-order valence-corrected chi connectivity index (χ3v) is 2.82. The minimum absolute atomic E-state index is 0.131. The number of aliphatic hydroxyl groups excluding tert-OH is 1. The second-order valence-corrected chi connectivity index (χ2v) is 4.12. The van der Waals surface area contributed by atoms with E-state index < -0.39 is 0 Å². The summed E-state index contributed by atoms with van der Waals surface area (Å²) in [6.45, 7) is 2.24. The number of amides is 1. The van der Waals surface area contributed by atoms with Gasteiger partial charge in [-0.2, -0.15) is 0 Å². The fraction of sp³-hybridized carbons (Fsp3) is 0.429. The Morgan fingerprint density at radius 2 is 2.37 bits per heavy atom. The molecule has 2 heterocycles. The van der Waals surface area contributed by atoms with Crippen LogP contribution in [0.3, 0.4) is 0 Å². The largest absolute Gasteiger partial charge is 0.384 e. The van der Waals surface area contributed by atoms with Crippen molar-refractivity contribution in [1.82, 2.24) is 9.88 Å². The quantitative estimate of drug-likeness (QED) is 0.737. The van der Waals surface area contributed by atoms with Gasteiger partial charge in [-0.05, 0) is 18.6 Å². The smallest absolute Gasteiger partial charge is 0.273 e. The van der Waals surface area contributed by atoms with E-state index in [1.807, 2.05) is 0 Å². The van der Waals surface area contributed by atoms with Crippen molar-refractivity contribution in [3.05, 3.63) is 29.6 Å². The van der Waals surface area contributed by atoms with Gasteiger partial charge in [0.05, 0.1) is 12.2 Å². The van der Waals surface area contributed by atoms with Crippen LogP contribution in [-0.2, 0) is 4.74 Å². The monoisotopic (exact) mass is 260 g/mol. The molecule has 5 heteroatoms. The van der Waals surface area contributed by atoms with Crippen LogP contribution >= 0.6 is 0 Å². The molecule has 1 aromatic heterocycles. The van der Waals surface area contributed by atoms with Gasteiger partial charge >= 0.3 is 0 Å². The van der Waals surface area contributed by atoms with Gasteiger partial charge in [0.1, 0.15) is 12.3 Å². The normalized spacial score (nSPS) is 15.3. The average Bonchev–Trinajstić information content (AvgIpc) is 2.73. The van der Waals surface area contributed by atoms with E-state index in [0.717, 1.165) is 6.42 Å². The topological polar surface area (TPSA) is 62.7 Å². The van der Waals surface area contributed by atoms with Crippen LogP contribution in [0.2, 0.25) is 0 Å². The fourth-order valence-corrected chi connectivity index (χ4v) is 1.91. The lowest BCUT2D eigenvalue weighted by Crippen LogP contribution is -2.34. The standard InChI is InChI=1S/C14H16N2O3/c17-9-2-5-12-4-1-6-15-13(12)14(18)16-7-3-10-19-11-8-16/h1,4,6,17H,3,7-11H2. The van der Waals surface area contributed by atoms with Gasteiger partial charge in [-0.3, -0.25) is 4.79 Å². The van der Waals surface area contributed by atoms with Gasteiger partial charge in [-0.25, -0.2) is 4.98 Å². The van der Waals surface area contributed by atoms with E-state index in [0.29, 0.717) is 37.6 Å². The van der Waals surface area contributed by atoms with E-state index in [9.17, 15) is 4.79 Å². The van der Waals surface area contributed by atoms with E-state index in [1.165, 1.54) is 0 Å². The lowest BCUT2D eigenvalue weighted by Gasteiger charge is -2.19. The number of carbonyl (C=O) groups is 1. The van der Waals surface area contributed by atoms with Gasteiger partial charge in [0.25, 0.3) is 5.91 Å². The molecule has 1 fully saturated rings. The Labute approximate surface area is 112 Å². The van der Waals surface area contributed by atoms with Crippen LogP contribution in [-0.4, -0.2) is 53.8 Å². The van der Waals surface area contributed by atoms with Crippen LogP contribution in [0.1, 0.15) is 22.5 Å². The van der Waals surface area contributed by atoms with Crippen LogP contribution in [0.4, 0.5) is 0 Å². The van der Waals surface area contributed by atoms with Crippen LogP contribution < -0.4 is 0 Å². The van der Waals surface area contributed by atoms with Gasteiger partial charge in [-0.1, -0.05) is 11.8 Å². The molecule has 0 unspecified atom stereocenters. The number of hydrogen-bond acceptors (Lipinski definition) is 4. The van der Waals surface area contributed by atoms with Crippen molar-refractivity contribution in [2.75, 3.05) is 32.9 Å². The fourth-order valence-electron chi connectivity index (χ4n) is 1.91.